The summed E-state index contributed by atoms with van der Waals surface area (Å²) in [6, 6.07) is 3.83. The van der Waals surface area contributed by atoms with Gasteiger partial charge in [-0.2, -0.15) is 0 Å². The Labute approximate surface area is 93.0 Å². The molecule has 1 aliphatic rings. The summed E-state index contributed by atoms with van der Waals surface area (Å²) in [7, 11) is 0. The molecule has 2 N–H and O–H groups in total. The summed E-state index contributed by atoms with van der Waals surface area (Å²) in [5.41, 5.74) is 5.97. The fraction of sp³-hybridized carbons (Fsp3) is 0.600. The van der Waals surface area contributed by atoms with Crippen LogP contribution in [0.15, 0.2) is 12.1 Å². The molecule has 0 amide bonds. The van der Waals surface area contributed by atoms with Crippen LogP contribution in [0.1, 0.15) is 30.7 Å². The second-order valence-electron chi connectivity index (χ2n) is 3.88. The lowest BCUT2D eigenvalue weighted by molar-refractivity contribution is -0.000863. The van der Waals surface area contributed by atoms with Gasteiger partial charge in [-0.25, -0.2) is 0 Å². The topological polar surface area (TPSA) is 35.2 Å². The van der Waals surface area contributed by atoms with Crippen molar-refractivity contribution in [3.63, 3.8) is 0 Å². The molecule has 0 aliphatic carbocycles. The first kappa shape index (κ1) is 10.4. The Hall–Kier alpha value is -0.0900. The fourth-order valence-electron chi connectivity index (χ4n) is 1.84. The highest BCUT2D eigenvalue weighted by atomic mass is 35.5. The van der Waals surface area contributed by atoms with E-state index in [-0.39, 0.29) is 11.6 Å². The van der Waals surface area contributed by atoms with Crippen LogP contribution in [0.5, 0.6) is 0 Å². The standard InChI is InChI=1S/C10H14ClNOS/c1-10(5-2-6-13-10)9(12)7-3-4-8(11)14-7/h3-4,9H,2,5-6,12H2,1H3. The van der Waals surface area contributed by atoms with Gasteiger partial charge in [0.2, 0.25) is 0 Å². The molecule has 1 saturated heterocycles. The summed E-state index contributed by atoms with van der Waals surface area (Å²) in [5, 5.41) is 0. The van der Waals surface area contributed by atoms with Crippen LogP contribution in [0.4, 0.5) is 0 Å². The van der Waals surface area contributed by atoms with Crippen molar-refractivity contribution in [3.05, 3.63) is 21.3 Å². The van der Waals surface area contributed by atoms with Crippen molar-refractivity contribution in [2.24, 2.45) is 5.73 Å². The van der Waals surface area contributed by atoms with Crippen LogP contribution in [0.3, 0.4) is 0 Å². The predicted octanol–water partition coefficient (Wildman–Crippen LogP) is 2.97. The molecule has 78 valence electrons. The fourth-order valence-corrected chi connectivity index (χ4v) is 3.05. The Kier molecular flexibility index (Phi) is 2.84. The van der Waals surface area contributed by atoms with Gasteiger partial charge in [0.25, 0.3) is 0 Å². The zero-order chi connectivity index (χ0) is 10.2. The van der Waals surface area contributed by atoms with E-state index in [9.17, 15) is 0 Å². The van der Waals surface area contributed by atoms with Crippen molar-refractivity contribution in [2.75, 3.05) is 6.61 Å². The maximum absolute atomic E-state index is 6.17. The van der Waals surface area contributed by atoms with Crippen LogP contribution in [0.2, 0.25) is 4.34 Å². The van der Waals surface area contributed by atoms with E-state index in [4.69, 9.17) is 22.1 Å². The Morgan fingerprint density at radius 1 is 1.64 bits per heavy atom. The molecule has 2 atom stereocenters. The first-order valence-corrected chi connectivity index (χ1v) is 5.96. The Morgan fingerprint density at radius 2 is 2.43 bits per heavy atom. The van der Waals surface area contributed by atoms with Gasteiger partial charge in [0.15, 0.2) is 0 Å². The number of ether oxygens (including phenoxy) is 1. The quantitative estimate of drug-likeness (QED) is 0.850. The Balaban J connectivity index is 2.18. The summed E-state index contributed by atoms with van der Waals surface area (Å²) in [6.07, 6.45) is 2.13. The third kappa shape index (κ3) is 1.82. The molecule has 1 fully saturated rings. The van der Waals surface area contributed by atoms with Crippen LogP contribution in [0, 0.1) is 0 Å². The number of halogens is 1. The molecule has 2 nitrogen and oxygen atoms in total. The first-order chi connectivity index (χ1) is 6.62. The SMILES string of the molecule is CC1(C(N)c2ccc(Cl)s2)CCCO1. The van der Waals surface area contributed by atoms with Crippen molar-refractivity contribution in [1.29, 1.82) is 0 Å². The third-order valence-corrected chi connectivity index (χ3v) is 4.12. The van der Waals surface area contributed by atoms with Crippen LogP contribution in [-0.4, -0.2) is 12.2 Å². The molecule has 2 rings (SSSR count). The van der Waals surface area contributed by atoms with Gasteiger partial charge in [-0.3, -0.25) is 0 Å². The number of rotatable bonds is 2. The lowest BCUT2D eigenvalue weighted by Crippen LogP contribution is -2.37. The average Bonchev–Trinajstić information content (AvgIpc) is 2.74. The smallest absolute Gasteiger partial charge is 0.0931 e. The number of thiophene rings is 1. The van der Waals surface area contributed by atoms with Crippen molar-refractivity contribution in [1.82, 2.24) is 0 Å². The summed E-state index contributed by atoms with van der Waals surface area (Å²) < 4.78 is 6.49. The van der Waals surface area contributed by atoms with E-state index in [1.165, 1.54) is 0 Å². The molecule has 1 aliphatic heterocycles. The van der Waals surface area contributed by atoms with Gasteiger partial charge < -0.3 is 10.5 Å². The van der Waals surface area contributed by atoms with Crippen LogP contribution in [0.25, 0.3) is 0 Å². The summed E-state index contributed by atoms with van der Waals surface area (Å²) in [6.45, 7) is 2.90. The van der Waals surface area contributed by atoms with E-state index >= 15 is 0 Å². The van der Waals surface area contributed by atoms with Crippen molar-refractivity contribution >= 4 is 22.9 Å². The van der Waals surface area contributed by atoms with Crippen LogP contribution >= 0.6 is 22.9 Å². The Morgan fingerprint density at radius 3 is 2.93 bits per heavy atom. The summed E-state index contributed by atoms with van der Waals surface area (Å²) in [4.78, 5) is 1.11. The molecule has 0 spiro atoms. The number of nitrogens with two attached hydrogens (primary N) is 1. The van der Waals surface area contributed by atoms with E-state index in [1.807, 2.05) is 12.1 Å². The minimum absolute atomic E-state index is 0.0532. The normalized spacial score (nSPS) is 29.4. The van der Waals surface area contributed by atoms with Gasteiger partial charge in [0.1, 0.15) is 0 Å². The molecule has 1 aromatic rings. The van der Waals surface area contributed by atoms with E-state index in [0.29, 0.717) is 0 Å². The second kappa shape index (κ2) is 3.81. The van der Waals surface area contributed by atoms with Crippen molar-refractivity contribution in [2.45, 2.75) is 31.4 Å². The van der Waals surface area contributed by atoms with Gasteiger partial charge in [0, 0.05) is 11.5 Å². The Bertz CT molecular complexity index is 320. The lowest BCUT2D eigenvalue weighted by atomic mass is 9.93. The highest BCUT2D eigenvalue weighted by Gasteiger charge is 2.37. The maximum Gasteiger partial charge on any atom is 0.0931 e. The third-order valence-electron chi connectivity index (χ3n) is 2.81. The van der Waals surface area contributed by atoms with E-state index in [2.05, 4.69) is 6.92 Å². The van der Waals surface area contributed by atoms with Gasteiger partial charge >= 0.3 is 0 Å². The molecule has 4 heteroatoms. The molecular formula is C10H14ClNOS. The summed E-state index contributed by atoms with van der Waals surface area (Å²) >= 11 is 7.42. The van der Waals surface area contributed by atoms with E-state index in [0.717, 1.165) is 28.7 Å². The molecule has 1 aromatic heterocycles. The molecule has 14 heavy (non-hydrogen) atoms. The highest BCUT2D eigenvalue weighted by molar-refractivity contribution is 7.16. The number of hydrogen-bond acceptors (Lipinski definition) is 3. The zero-order valence-corrected chi connectivity index (χ0v) is 9.70. The zero-order valence-electron chi connectivity index (χ0n) is 8.13. The predicted molar refractivity (Wildman–Crippen MR) is 59.8 cm³/mol. The molecule has 2 unspecified atom stereocenters. The maximum atomic E-state index is 6.17. The molecule has 0 radical (unpaired) electrons. The van der Waals surface area contributed by atoms with Gasteiger partial charge in [-0.1, -0.05) is 11.6 Å². The van der Waals surface area contributed by atoms with Gasteiger partial charge in [0.05, 0.1) is 16.0 Å². The highest BCUT2D eigenvalue weighted by Crippen LogP contribution is 2.38. The molecule has 0 aromatic carbocycles. The van der Waals surface area contributed by atoms with Crippen LogP contribution in [-0.2, 0) is 4.74 Å². The molecular weight excluding hydrogens is 218 g/mol. The van der Waals surface area contributed by atoms with E-state index in [1.54, 1.807) is 11.3 Å². The monoisotopic (exact) mass is 231 g/mol. The minimum Gasteiger partial charge on any atom is -0.373 e. The minimum atomic E-state index is -0.200. The lowest BCUT2D eigenvalue weighted by Gasteiger charge is -2.29. The molecule has 0 saturated carbocycles. The first-order valence-electron chi connectivity index (χ1n) is 4.76. The molecule has 0 bridgehead atoms. The molecule has 2 heterocycles. The second-order valence-corrected chi connectivity index (χ2v) is 5.63. The number of hydrogen-bond donors (Lipinski definition) is 1. The van der Waals surface area contributed by atoms with E-state index < -0.39 is 0 Å². The van der Waals surface area contributed by atoms with Crippen molar-refractivity contribution < 1.29 is 4.74 Å². The summed E-state index contributed by atoms with van der Waals surface area (Å²) in [5.74, 6) is 0. The van der Waals surface area contributed by atoms with Gasteiger partial charge in [-0.15, -0.1) is 11.3 Å². The van der Waals surface area contributed by atoms with Crippen molar-refractivity contribution in [3.8, 4) is 0 Å². The van der Waals surface area contributed by atoms with Gasteiger partial charge in [-0.05, 0) is 31.9 Å². The average molecular weight is 232 g/mol. The van der Waals surface area contributed by atoms with Crippen LogP contribution < -0.4 is 5.73 Å². The largest absolute Gasteiger partial charge is 0.373 e.